The van der Waals surface area contributed by atoms with Gasteiger partial charge in [-0.1, -0.05) is 23.2 Å². The van der Waals surface area contributed by atoms with Crippen LogP contribution in [0.5, 0.6) is 5.75 Å². The summed E-state index contributed by atoms with van der Waals surface area (Å²) >= 11 is 12.1. The summed E-state index contributed by atoms with van der Waals surface area (Å²) in [5.74, 6) is 0.663. The number of ether oxygens (including phenoxy) is 1. The average Bonchev–Trinajstić information content (AvgIpc) is 2.37. The normalized spacial score (nSPS) is 19.4. The Labute approximate surface area is 125 Å². The molecule has 1 aliphatic rings. The van der Waals surface area contributed by atoms with Crippen LogP contribution >= 0.6 is 23.2 Å². The fourth-order valence-corrected chi connectivity index (χ4v) is 2.54. The smallest absolute Gasteiger partial charge is 0.139 e. The highest BCUT2D eigenvalue weighted by Crippen LogP contribution is 2.28. The van der Waals surface area contributed by atoms with Crippen molar-refractivity contribution in [2.75, 3.05) is 39.8 Å². The average molecular weight is 303 g/mol. The fourth-order valence-electron chi connectivity index (χ4n) is 2.22. The number of likely N-dealkylation sites (N-methyl/N-ethyl adjacent to an activating group) is 1. The Morgan fingerprint density at radius 3 is 2.58 bits per heavy atom. The number of piperazine rings is 1. The van der Waals surface area contributed by atoms with Gasteiger partial charge in [-0.15, -0.1) is 0 Å². The van der Waals surface area contributed by atoms with E-state index < -0.39 is 0 Å². The zero-order valence-electron chi connectivity index (χ0n) is 11.4. The van der Waals surface area contributed by atoms with Gasteiger partial charge in [-0.25, -0.2) is 0 Å². The molecule has 0 radical (unpaired) electrons. The summed E-state index contributed by atoms with van der Waals surface area (Å²) in [4.78, 5) is 4.76. The third-order valence-corrected chi connectivity index (χ3v) is 3.88. The molecule has 1 atom stereocenters. The van der Waals surface area contributed by atoms with E-state index in [1.54, 1.807) is 18.2 Å². The first-order valence-electron chi connectivity index (χ1n) is 6.57. The van der Waals surface area contributed by atoms with Gasteiger partial charge < -0.3 is 9.64 Å². The molecule has 0 spiro atoms. The van der Waals surface area contributed by atoms with E-state index in [9.17, 15) is 0 Å². The van der Waals surface area contributed by atoms with Crippen LogP contribution < -0.4 is 4.74 Å². The van der Waals surface area contributed by atoms with E-state index in [1.165, 1.54) is 0 Å². The van der Waals surface area contributed by atoms with Crippen LogP contribution in [0.1, 0.15) is 6.92 Å². The van der Waals surface area contributed by atoms with Crippen LogP contribution in [-0.4, -0.2) is 55.7 Å². The monoisotopic (exact) mass is 302 g/mol. The first-order chi connectivity index (χ1) is 9.04. The molecule has 0 aliphatic carbocycles. The summed E-state index contributed by atoms with van der Waals surface area (Å²) < 4.78 is 5.88. The van der Waals surface area contributed by atoms with Crippen molar-refractivity contribution in [3.8, 4) is 5.75 Å². The number of rotatable bonds is 4. The zero-order chi connectivity index (χ0) is 13.8. The number of benzene rings is 1. The lowest BCUT2D eigenvalue weighted by Crippen LogP contribution is -2.47. The molecule has 1 aromatic rings. The Balaban J connectivity index is 1.87. The quantitative estimate of drug-likeness (QED) is 0.850. The molecule has 106 valence electrons. The second-order valence-corrected chi connectivity index (χ2v) is 5.95. The number of halogens is 2. The number of hydrogen-bond acceptors (Lipinski definition) is 3. The Morgan fingerprint density at radius 1 is 1.21 bits per heavy atom. The van der Waals surface area contributed by atoms with E-state index in [0.29, 0.717) is 15.8 Å². The standard InChI is InChI=1S/C14H20Cl2N2O/c1-11(10-18-7-5-17(2)6-8-18)19-14-9-12(15)3-4-13(14)16/h3-4,9,11H,5-8,10H2,1-2H3. The van der Waals surface area contributed by atoms with Crippen molar-refractivity contribution in [1.82, 2.24) is 9.80 Å². The van der Waals surface area contributed by atoms with Gasteiger partial charge >= 0.3 is 0 Å². The minimum absolute atomic E-state index is 0.0966. The predicted molar refractivity (Wildman–Crippen MR) is 80.5 cm³/mol. The van der Waals surface area contributed by atoms with Gasteiger partial charge in [0.2, 0.25) is 0 Å². The Kier molecular flexibility index (Phi) is 5.34. The second-order valence-electron chi connectivity index (χ2n) is 5.11. The molecule has 3 nitrogen and oxygen atoms in total. The summed E-state index contributed by atoms with van der Waals surface area (Å²) in [6.45, 7) is 7.39. The topological polar surface area (TPSA) is 15.7 Å². The van der Waals surface area contributed by atoms with Crippen molar-refractivity contribution in [3.05, 3.63) is 28.2 Å². The summed E-state index contributed by atoms with van der Waals surface area (Å²) in [7, 11) is 2.16. The molecule has 1 fully saturated rings. The van der Waals surface area contributed by atoms with Gasteiger partial charge in [0.25, 0.3) is 0 Å². The van der Waals surface area contributed by atoms with E-state index in [-0.39, 0.29) is 6.10 Å². The summed E-state index contributed by atoms with van der Waals surface area (Å²) in [6.07, 6.45) is 0.0966. The van der Waals surface area contributed by atoms with Gasteiger partial charge in [0.05, 0.1) is 5.02 Å². The molecule has 19 heavy (non-hydrogen) atoms. The summed E-state index contributed by atoms with van der Waals surface area (Å²) in [5.41, 5.74) is 0. The minimum atomic E-state index is 0.0966. The summed E-state index contributed by atoms with van der Waals surface area (Å²) in [6, 6.07) is 5.30. The molecule has 1 unspecified atom stereocenters. The van der Waals surface area contributed by atoms with E-state index in [0.717, 1.165) is 32.7 Å². The molecule has 1 heterocycles. The van der Waals surface area contributed by atoms with Crippen LogP contribution in [0.4, 0.5) is 0 Å². The first-order valence-corrected chi connectivity index (χ1v) is 7.33. The molecule has 2 rings (SSSR count). The lowest BCUT2D eigenvalue weighted by molar-refractivity contribution is 0.101. The number of hydrogen-bond donors (Lipinski definition) is 0. The molecule has 0 saturated carbocycles. The van der Waals surface area contributed by atoms with Crippen molar-refractivity contribution in [3.63, 3.8) is 0 Å². The molecule has 0 bridgehead atoms. The SMILES string of the molecule is CC(CN1CCN(C)CC1)Oc1cc(Cl)ccc1Cl. The van der Waals surface area contributed by atoms with E-state index in [4.69, 9.17) is 27.9 Å². The minimum Gasteiger partial charge on any atom is -0.488 e. The third-order valence-electron chi connectivity index (χ3n) is 3.33. The molecule has 5 heteroatoms. The van der Waals surface area contributed by atoms with Crippen LogP contribution in [0.3, 0.4) is 0 Å². The van der Waals surface area contributed by atoms with E-state index in [1.807, 2.05) is 0 Å². The van der Waals surface area contributed by atoms with Gasteiger partial charge in [-0.05, 0) is 26.1 Å². The molecule has 0 N–H and O–H groups in total. The molecule has 0 amide bonds. The molecule has 0 aromatic heterocycles. The second kappa shape index (κ2) is 6.80. The Morgan fingerprint density at radius 2 is 1.89 bits per heavy atom. The maximum Gasteiger partial charge on any atom is 0.139 e. The van der Waals surface area contributed by atoms with Crippen LogP contribution in [-0.2, 0) is 0 Å². The molecular formula is C14H20Cl2N2O. The Hall–Kier alpha value is -0.480. The van der Waals surface area contributed by atoms with Crippen LogP contribution in [0.25, 0.3) is 0 Å². The van der Waals surface area contributed by atoms with Gasteiger partial charge in [0, 0.05) is 43.8 Å². The molecule has 1 saturated heterocycles. The maximum absolute atomic E-state index is 6.10. The van der Waals surface area contributed by atoms with Gasteiger partial charge in [-0.2, -0.15) is 0 Å². The highest BCUT2D eigenvalue weighted by atomic mass is 35.5. The van der Waals surface area contributed by atoms with Crippen LogP contribution in [0.15, 0.2) is 18.2 Å². The van der Waals surface area contributed by atoms with Crippen molar-refractivity contribution in [1.29, 1.82) is 0 Å². The van der Waals surface area contributed by atoms with Crippen molar-refractivity contribution in [2.24, 2.45) is 0 Å². The lowest BCUT2D eigenvalue weighted by Gasteiger charge is -2.33. The van der Waals surface area contributed by atoms with Crippen LogP contribution in [0, 0.1) is 0 Å². The Bertz CT molecular complexity index is 420. The largest absolute Gasteiger partial charge is 0.488 e. The van der Waals surface area contributed by atoms with E-state index >= 15 is 0 Å². The zero-order valence-corrected chi connectivity index (χ0v) is 12.9. The third kappa shape index (κ3) is 4.53. The van der Waals surface area contributed by atoms with Crippen LogP contribution in [0.2, 0.25) is 10.0 Å². The highest BCUT2D eigenvalue weighted by Gasteiger charge is 2.17. The first kappa shape index (κ1) is 14.9. The molecule has 1 aliphatic heterocycles. The van der Waals surface area contributed by atoms with E-state index in [2.05, 4.69) is 23.8 Å². The van der Waals surface area contributed by atoms with Gasteiger partial charge in [0.15, 0.2) is 0 Å². The van der Waals surface area contributed by atoms with Crippen molar-refractivity contribution >= 4 is 23.2 Å². The number of nitrogens with zero attached hydrogens (tertiary/aromatic N) is 2. The van der Waals surface area contributed by atoms with Gasteiger partial charge in [-0.3, -0.25) is 4.90 Å². The lowest BCUT2D eigenvalue weighted by atomic mass is 10.3. The fraction of sp³-hybridized carbons (Fsp3) is 0.571. The molecular weight excluding hydrogens is 283 g/mol. The summed E-state index contributed by atoms with van der Waals surface area (Å²) in [5, 5.41) is 1.25. The maximum atomic E-state index is 6.10. The van der Waals surface area contributed by atoms with Crippen molar-refractivity contribution in [2.45, 2.75) is 13.0 Å². The highest BCUT2D eigenvalue weighted by molar-refractivity contribution is 6.34. The predicted octanol–water partition coefficient (Wildman–Crippen LogP) is 3.01. The van der Waals surface area contributed by atoms with Crippen molar-refractivity contribution < 1.29 is 4.74 Å². The molecule has 1 aromatic carbocycles. The van der Waals surface area contributed by atoms with Gasteiger partial charge in [0.1, 0.15) is 11.9 Å².